The molecule has 2 aliphatic heterocycles. The van der Waals surface area contributed by atoms with Crippen LogP contribution in [0, 0.1) is 28.6 Å². The Morgan fingerprint density at radius 3 is 2.12 bits per heavy atom. The standard InChI is InChI=1S/C36H50N6/c37-34-39-26-33(42(34)17-14-36-23-28-20-29(24-36)22-30(21-28)25-36)8-4-5-15-40-18-19-41(35(40)38)16-13-27-9-11-32(12-10-27)31-6-2-1-3-7-31/h1-3,6-7,9-12,28-30,33,38H,4-5,8,13-26H2,(H2,37,39)/t28?,29?,30?,33-,36?/m0/s1. The Morgan fingerprint density at radius 1 is 0.786 bits per heavy atom. The molecular formula is C36H50N6. The molecule has 2 aromatic rings. The smallest absolute Gasteiger partial charge is 0.193 e. The first kappa shape index (κ1) is 27.8. The van der Waals surface area contributed by atoms with Crippen molar-refractivity contribution in [2.24, 2.45) is 33.9 Å². The van der Waals surface area contributed by atoms with E-state index in [1.54, 1.807) is 0 Å². The third kappa shape index (κ3) is 5.91. The maximum Gasteiger partial charge on any atom is 0.193 e. The highest BCUT2D eigenvalue weighted by atomic mass is 15.4. The van der Waals surface area contributed by atoms with E-state index in [1.165, 1.54) is 68.1 Å². The highest BCUT2D eigenvalue weighted by molar-refractivity contribution is 5.80. The Morgan fingerprint density at radius 2 is 1.43 bits per heavy atom. The second-order valence-corrected chi connectivity index (χ2v) is 14.3. The molecule has 0 unspecified atom stereocenters. The van der Waals surface area contributed by atoms with Crippen molar-refractivity contribution in [1.82, 2.24) is 14.7 Å². The molecule has 224 valence electrons. The van der Waals surface area contributed by atoms with Gasteiger partial charge in [0.05, 0.1) is 12.6 Å². The van der Waals surface area contributed by atoms with Crippen LogP contribution in [0.25, 0.3) is 11.1 Å². The summed E-state index contributed by atoms with van der Waals surface area (Å²) in [5.41, 5.74) is 10.9. The van der Waals surface area contributed by atoms with Gasteiger partial charge in [-0.3, -0.25) is 10.4 Å². The fraction of sp³-hybridized carbons (Fsp3) is 0.611. The number of nitrogens with zero attached hydrogens (tertiary/aromatic N) is 4. The first-order chi connectivity index (χ1) is 20.5. The van der Waals surface area contributed by atoms with Crippen LogP contribution >= 0.6 is 0 Å². The lowest BCUT2D eigenvalue weighted by Crippen LogP contribution is -2.49. The second kappa shape index (κ2) is 11.9. The lowest BCUT2D eigenvalue weighted by Gasteiger charge is -2.57. The SMILES string of the molecule is N=C1N(CCCC[C@H]2CN=C(N)N2CCC23CC4CC(CC(C4)C2)C3)CCN1CCc1ccc(-c2ccccc2)cc1. The molecule has 0 amide bonds. The predicted molar refractivity (Wildman–Crippen MR) is 173 cm³/mol. The van der Waals surface area contributed by atoms with E-state index in [0.29, 0.717) is 17.4 Å². The topological polar surface area (TPSA) is 71.9 Å². The van der Waals surface area contributed by atoms with Gasteiger partial charge in [-0.25, -0.2) is 0 Å². The maximum absolute atomic E-state index is 8.77. The van der Waals surface area contributed by atoms with Crippen LogP contribution in [0.15, 0.2) is 59.6 Å². The van der Waals surface area contributed by atoms with Crippen LogP contribution < -0.4 is 5.73 Å². The van der Waals surface area contributed by atoms with Crippen molar-refractivity contribution in [2.45, 2.75) is 76.7 Å². The molecule has 6 heteroatoms. The van der Waals surface area contributed by atoms with Crippen LogP contribution in [0.1, 0.15) is 69.8 Å². The fourth-order valence-corrected chi connectivity index (χ4v) is 9.60. The molecule has 6 aliphatic rings. The zero-order valence-corrected chi connectivity index (χ0v) is 25.4. The van der Waals surface area contributed by atoms with Crippen LogP contribution in [-0.2, 0) is 6.42 Å². The fourth-order valence-electron chi connectivity index (χ4n) is 9.60. The van der Waals surface area contributed by atoms with Crippen molar-refractivity contribution in [3.63, 3.8) is 0 Å². The van der Waals surface area contributed by atoms with E-state index < -0.39 is 0 Å². The van der Waals surface area contributed by atoms with Gasteiger partial charge in [-0.1, -0.05) is 54.6 Å². The molecule has 5 fully saturated rings. The van der Waals surface area contributed by atoms with E-state index in [0.717, 1.165) is 82.2 Å². The summed E-state index contributed by atoms with van der Waals surface area (Å²) in [6, 6.07) is 20.0. The van der Waals surface area contributed by atoms with E-state index >= 15 is 0 Å². The Hall–Kier alpha value is -3.02. The van der Waals surface area contributed by atoms with Gasteiger partial charge >= 0.3 is 0 Å². The second-order valence-electron chi connectivity index (χ2n) is 14.3. The van der Waals surface area contributed by atoms with Crippen LogP contribution in [0.2, 0.25) is 0 Å². The quantitative estimate of drug-likeness (QED) is 0.299. The molecule has 3 N–H and O–H groups in total. The molecule has 0 spiro atoms. The van der Waals surface area contributed by atoms with E-state index in [1.807, 2.05) is 0 Å². The maximum atomic E-state index is 8.77. The van der Waals surface area contributed by atoms with Crippen molar-refractivity contribution in [1.29, 1.82) is 5.41 Å². The van der Waals surface area contributed by atoms with Gasteiger partial charge in [0, 0.05) is 32.7 Å². The minimum Gasteiger partial charge on any atom is -0.370 e. The Balaban J connectivity index is 0.825. The molecule has 0 radical (unpaired) electrons. The van der Waals surface area contributed by atoms with Crippen molar-refractivity contribution < 1.29 is 0 Å². The normalized spacial score (nSPS) is 30.0. The zero-order chi connectivity index (χ0) is 28.5. The number of benzene rings is 2. The van der Waals surface area contributed by atoms with E-state index in [2.05, 4.69) is 74.3 Å². The number of nitrogens with two attached hydrogens (primary N) is 1. The van der Waals surface area contributed by atoms with Crippen molar-refractivity contribution >= 4 is 11.9 Å². The van der Waals surface area contributed by atoms with Gasteiger partial charge in [0.15, 0.2) is 11.9 Å². The Kier molecular flexibility index (Phi) is 7.89. The highest BCUT2D eigenvalue weighted by Crippen LogP contribution is 2.61. The van der Waals surface area contributed by atoms with Gasteiger partial charge in [-0.05, 0) is 110 Å². The summed E-state index contributed by atoms with van der Waals surface area (Å²) in [5, 5.41) is 8.77. The van der Waals surface area contributed by atoms with Crippen molar-refractivity contribution in [3.05, 3.63) is 60.2 Å². The summed E-state index contributed by atoms with van der Waals surface area (Å²) < 4.78 is 0. The molecule has 8 rings (SSSR count). The number of unbranched alkanes of at least 4 members (excludes halogenated alkanes) is 1. The van der Waals surface area contributed by atoms with Gasteiger partial charge in [-0.2, -0.15) is 0 Å². The Labute approximate surface area is 252 Å². The number of aliphatic imine (C=N–C) groups is 1. The summed E-state index contributed by atoms with van der Waals surface area (Å²) >= 11 is 0. The molecular weight excluding hydrogens is 516 g/mol. The predicted octanol–water partition coefficient (Wildman–Crippen LogP) is 6.22. The first-order valence-electron chi connectivity index (χ1n) is 16.8. The van der Waals surface area contributed by atoms with Gasteiger partial charge < -0.3 is 20.4 Å². The van der Waals surface area contributed by atoms with Gasteiger partial charge in [0.1, 0.15) is 0 Å². The summed E-state index contributed by atoms with van der Waals surface area (Å²) in [6.45, 7) is 5.81. The summed E-state index contributed by atoms with van der Waals surface area (Å²) in [7, 11) is 0. The third-order valence-corrected chi connectivity index (χ3v) is 11.4. The molecule has 4 bridgehead atoms. The first-order valence-corrected chi connectivity index (χ1v) is 16.8. The van der Waals surface area contributed by atoms with E-state index in [-0.39, 0.29) is 0 Å². The van der Waals surface area contributed by atoms with Crippen molar-refractivity contribution in [2.75, 3.05) is 39.3 Å². The minimum atomic E-state index is 0.474. The number of rotatable bonds is 12. The molecule has 4 aliphatic carbocycles. The lowest BCUT2D eigenvalue weighted by atomic mass is 9.49. The minimum absolute atomic E-state index is 0.474. The average molecular weight is 567 g/mol. The summed E-state index contributed by atoms with van der Waals surface area (Å²) in [4.78, 5) is 11.7. The lowest BCUT2D eigenvalue weighted by molar-refractivity contribution is -0.0597. The number of nitrogens with one attached hydrogen (secondary N) is 1. The summed E-state index contributed by atoms with van der Waals surface area (Å²) in [6.07, 6.45) is 14.8. The van der Waals surface area contributed by atoms with Crippen LogP contribution in [-0.4, -0.2) is 71.9 Å². The van der Waals surface area contributed by atoms with Gasteiger partial charge in [-0.15, -0.1) is 0 Å². The zero-order valence-electron chi connectivity index (χ0n) is 25.4. The van der Waals surface area contributed by atoms with Crippen molar-refractivity contribution in [3.8, 4) is 11.1 Å². The Bertz CT molecular complexity index is 1220. The molecule has 4 saturated carbocycles. The number of hydrogen-bond acceptors (Lipinski definition) is 4. The molecule has 6 nitrogen and oxygen atoms in total. The van der Waals surface area contributed by atoms with Crippen LogP contribution in [0.3, 0.4) is 0 Å². The molecule has 1 saturated heterocycles. The molecule has 2 heterocycles. The number of hydrogen-bond donors (Lipinski definition) is 2. The van der Waals surface area contributed by atoms with Crippen LogP contribution in [0.5, 0.6) is 0 Å². The molecule has 0 aromatic heterocycles. The molecule has 42 heavy (non-hydrogen) atoms. The van der Waals surface area contributed by atoms with Gasteiger partial charge in [0.25, 0.3) is 0 Å². The van der Waals surface area contributed by atoms with E-state index in [4.69, 9.17) is 11.1 Å². The molecule has 1 atom stereocenters. The van der Waals surface area contributed by atoms with Crippen LogP contribution in [0.4, 0.5) is 0 Å². The highest BCUT2D eigenvalue weighted by Gasteiger charge is 2.50. The summed E-state index contributed by atoms with van der Waals surface area (Å²) in [5.74, 6) is 4.55. The monoisotopic (exact) mass is 566 g/mol. The third-order valence-electron chi connectivity index (χ3n) is 11.4. The molecule has 2 aromatic carbocycles. The largest absolute Gasteiger partial charge is 0.370 e. The number of guanidine groups is 2. The van der Waals surface area contributed by atoms with Gasteiger partial charge in [0.2, 0.25) is 0 Å². The average Bonchev–Trinajstić information content (AvgIpc) is 3.53. The van der Waals surface area contributed by atoms with E-state index in [9.17, 15) is 0 Å².